The fraction of sp³-hybridized carbons (Fsp3) is 0.667. The topological polar surface area (TPSA) is 69.0 Å². The maximum atomic E-state index is 12.7. The molecule has 1 aliphatic heterocycles. The first-order valence-electron chi connectivity index (χ1n) is 8.95. The Morgan fingerprint density at radius 3 is 2.28 bits per heavy atom. The van der Waals surface area contributed by atoms with Crippen molar-refractivity contribution in [3.8, 4) is 0 Å². The van der Waals surface area contributed by atoms with Crippen LogP contribution in [0.2, 0.25) is 18.1 Å². The average molecular weight is 368 g/mol. The summed E-state index contributed by atoms with van der Waals surface area (Å²) in [5.74, 6) is 0.199. The SMILES string of the molecule is CC[Si](CC)(CC)O[C@@H]1C(=O)N(C(=O)OC(C)(C)C)[C@@H]1c1ccco1. The Labute approximate surface area is 150 Å². The van der Waals surface area contributed by atoms with Crippen LogP contribution in [0.4, 0.5) is 4.79 Å². The van der Waals surface area contributed by atoms with Gasteiger partial charge in [-0.05, 0) is 51.0 Å². The van der Waals surface area contributed by atoms with Gasteiger partial charge >= 0.3 is 6.09 Å². The number of amides is 2. The van der Waals surface area contributed by atoms with E-state index in [0.29, 0.717) is 5.76 Å². The summed E-state index contributed by atoms with van der Waals surface area (Å²) < 4.78 is 17.2. The van der Waals surface area contributed by atoms with Gasteiger partial charge in [0.05, 0.1) is 6.26 Å². The van der Waals surface area contributed by atoms with Crippen molar-refractivity contribution in [2.75, 3.05) is 0 Å². The Morgan fingerprint density at radius 1 is 1.24 bits per heavy atom. The molecule has 2 heterocycles. The molecule has 1 aromatic rings. The molecule has 0 bridgehead atoms. The molecule has 0 N–H and O–H groups in total. The van der Waals surface area contributed by atoms with Gasteiger partial charge in [-0.25, -0.2) is 9.69 Å². The number of carbonyl (C=O) groups is 2. The number of imide groups is 1. The van der Waals surface area contributed by atoms with Crippen molar-refractivity contribution < 1.29 is 23.2 Å². The number of nitrogens with zero attached hydrogens (tertiary/aromatic N) is 1. The van der Waals surface area contributed by atoms with Gasteiger partial charge in [0.25, 0.3) is 5.91 Å². The highest BCUT2D eigenvalue weighted by Gasteiger charge is 2.57. The van der Waals surface area contributed by atoms with Crippen molar-refractivity contribution in [3.05, 3.63) is 24.2 Å². The third-order valence-electron chi connectivity index (χ3n) is 4.78. The third-order valence-corrected chi connectivity index (χ3v) is 9.40. The molecule has 0 aliphatic carbocycles. The molecule has 1 fully saturated rings. The second kappa shape index (κ2) is 7.33. The van der Waals surface area contributed by atoms with Crippen LogP contribution in [0, 0.1) is 0 Å². The number of hydrogen-bond acceptors (Lipinski definition) is 5. The van der Waals surface area contributed by atoms with Crippen LogP contribution in [0.25, 0.3) is 0 Å². The Balaban J connectivity index is 2.27. The van der Waals surface area contributed by atoms with Crippen LogP contribution in [0.1, 0.15) is 53.3 Å². The molecule has 1 aliphatic rings. The first kappa shape index (κ1) is 19.7. The van der Waals surface area contributed by atoms with Crippen molar-refractivity contribution in [2.45, 2.75) is 77.4 Å². The lowest BCUT2D eigenvalue weighted by atomic mass is 9.96. The quantitative estimate of drug-likeness (QED) is 0.547. The molecule has 140 valence electrons. The first-order chi connectivity index (χ1) is 11.7. The molecular formula is C18H29NO5Si. The minimum Gasteiger partial charge on any atom is -0.467 e. The van der Waals surface area contributed by atoms with E-state index >= 15 is 0 Å². The molecule has 0 aromatic carbocycles. The Morgan fingerprint density at radius 2 is 1.84 bits per heavy atom. The van der Waals surface area contributed by atoms with Crippen molar-refractivity contribution in [1.29, 1.82) is 0 Å². The van der Waals surface area contributed by atoms with E-state index in [-0.39, 0.29) is 5.91 Å². The van der Waals surface area contributed by atoms with Crippen molar-refractivity contribution in [3.63, 3.8) is 0 Å². The van der Waals surface area contributed by atoms with Crippen LogP contribution in [-0.2, 0) is 14.0 Å². The second-order valence-corrected chi connectivity index (χ2v) is 12.2. The Kier molecular flexibility index (Phi) is 5.78. The fourth-order valence-corrected chi connectivity index (χ4v) is 5.87. The lowest BCUT2D eigenvalue weighted by molar-refractivity contribution is -0.163. The van der Waals surface area contributed by atoms with Gasteiger partial charge in [-0.3, -0.25) is 4.79 Å². The van der Waals surface area contributed by atoms with Crippen molar-refractivity contribution in [1.82, 2.24) is 4.90 Å². The number of likely N-dealkylation sites (tertiary alicyclic amines) is 1. The minimum atomic E-state index is -2.00. The lowest BCUT2D eigenvalue weighted by Gasteiger charge is -2.47. The van der Waals surface area contributed by atoms with Gasteiger partial charge in [0, 0.05) is 0 Å². The minimum absolute atomic E-state index is 0.345. The largest absolute Gasteiger partial charge is 0.467 e. The van der Waals surface area contributed by atoms with Crippen LogP contribution < -0.4 is 0 Å². The molecule has 1 saturated heterocycles. The van der Waals surface area contributed by atoms with Crippen LogP contribution in [0.15, 0.2) is 22.8 Å². The monoisotopic (exact) mass is 367 g/mol. The predicted octanol–water partition coefficient (Wildman–Crippen LogP) is 4.49. The van der Waals surface area contributed by atoms with E-state index in [0.717, 1.165) is 23.0 Å². The number of β-lactam (4-membered cyclic amide) rings is 1. The Hall–Kier alpha value is -1.60. The van der Waals surface area contributed by atoms with Gasteiger partial charge < -0.3 is 13.6 Å². The van der Waals surface area contributed by atoms with E-state index in [1.54, 1.807) is 32.9 Å². The van der Waals surface area contributed by atoms with Gasteiger partial charge in [0.2, 0.25) is 0 Å². The summed E-state index contributed by atoms with van der Waals surface area (Å²) in [6.45, 7) is 11.6. The van der Waals surface area contributed by atoms with Crippen LogP contribution in [0.3, 0.4) is 0 Å². The summed E-state index contributed by atoms with van der Waals surface area (Å²) in [7, 11) is -2.00. The van der Waals surface area contributed by atoms with E-state index in [1.807, 2.05) is 0 Å². The standard InChI is InChI=1S/C18H29NO5Si/c1-7-25(8-2,9-3)24-15-14(13-11-10-12-22-13)19(16(15)20)17(21)23-18(4,5)6/h10-12,14-15H,7-9H2,1-6H3/t14-,15+/m1/s1. The summed E-state index contributed by atoms with van der Waals surface area (Å²) in [4.78, 5) is 26.3. The zero-order valence-electron chi connectivity index (χ0n) is 16.0. The summed E-state index contributed by atoms with van der Waals surface area (Å²) in [6.07, 6.45) is 0.202. The van der Waals surface area contributed by atoms with E-state index in [2.05, 4.69) is 20.8 Å². The van der Waals surface area contributed by atoms with Crippen molar-refractivity contribution in [2.24, 2.45) is 0 Å². The number of carbonyl (C=O) groups excluding carboxylic acids is 2. The molecule has 7 heteroatoms. The first-order valence-corrected chi connectivity index (χ1v) is 11.5. The molecule has 2 amide bonds. The maximum absolute atomic E-state index is 12.7. The highest BCUT2D eigenvalue weighted by molar-refractivity contribution is 6.73. The van der Waals surface area contributed by atoms with Gasteiger partial charge in [0.15, 0.2) is 14.4 Å². The molecule has 0 spiro atoms. The van der Waals surface area contributed by atoms with E-state index < -0.39 is 32.2 Å². The zero-order chi connectivity index (χ0) is 18.8. The zero-order valence-corrected chi connectivity index (χ0v) is 17.0. The van der Waals surface area contributed by atoms with E-state index in [9.17, 15) is 9.59 Å². The summed E-state index contributed by atoms with van der Waals surface area (Å²) >= 11 is 0. The number of rotatable bonds is 6. The van der Waals surface area contributed by atoms with E-state index in [4.69, 9.17) is 13.6 Å². The molecule has 1 aromatic heterocycles. The summed E-state index contributed by atoms with van der Waals surface area (Å²) in [5, 5.41) is 0. The normalized spacial score (nSPS) is 21.2. The summed E-state index contributed by atoms with van der Waals surface area (Å²) in [6, 6.07) is 5.74. The third kappa shape index (κ3) is 3.98. The van der Waals surface area contributed by atoms with Gasteiger partial charge in [-0.1, -0.05) is 20.8 Å². The average Bonchev–Trinajstić information content (AvgIpc) is 3.05. The molecular weight excluding hydrogens is 338 g/mol. The smallest absolute Gasteiger partial charge is 0.417 e. The molecule has 25 heavy (non-hydrogen) atoms. The van der Waals surface area contributed by atoms with Gasteiger partial charge in [-0.15, -0.1) is 0 Å². The number of hydrogen-bond donors (Lipinski definition) is 0. The Bertz CT molecular complexity index is 595. The molecule has 6 nitrogen and oxygen atoms in total. The lowest BCUT2D eigenvalue weighted by Crippen LogP contribution is -2.65. The van der Waals surface area contributed by atoms with E-state index in [1.165, 1.54) is 6.26 Å². The molecule has 0 unspecified atom stereocenters. The summed E-state index contributed by atoms with van der Waals surface area (Å²) in [5.41, 5.74) is -0.675. The predicted molar refractivity (Wildman–Crippen MR) is 96.6 cm³/mol. The van der Waals surface area contributed by atoms with Crippen molar-refractivity contribution >= 4 is 20.3 Å². The highest BCUT2D eigenvalue weighted by atomic mass is 28.4. The van der Waals surface area contributed by atoms with Crippen LogP contribution >= 0.6 is 0 Å². The number of furan rings is 1. The fourth-order valence-electron chi connectivity index (χ4n) is 3.10. The molecule has 2 atom stereocenters. The second-order valence-electron chi connectivity index (χ2n) is 7.43. The van der Waals surface area contributed by atoms with Crippen LogP contribution in [0.5, 0.6) is 0 Å². The highest BCUT2D eigenvalue weighted by Crippen LogP contribution is 2.41. The maximum Gasteiger partial charge on any atom is 0.417 e. The van der Waals surface area contributed by atoms with Gasteiger partial charge in [0.1, 0.15) is 17.4 Å². The van der Waals surface area contributed by atoms with Crippen LogP contribution in [-0.4, -0.2) is 36.9 Å². The number of ether oxygens (including phenoxy) is 1. The molecule has 0 radical (unpaired) electrons. The van der Waals surface area contributed by atoms with Gasteiger partial charge in [-0.2, -0.15) is 0 Å². The molecule has 2 rings (SSSR count). The molecule has 0 saturated carbocycles.